The molecule has 2 aromatic rings. The number of hydrogen-bond donors (Lipinski definition) is 1. The molecule has 0 aliphatic rings. The van der Waals surface area contributed by atoms with Gasteiger partial charge in [0, 0.05) is 17.1 Å². The number of aromatic nitrogens is 2. The first-order valence-corrected chi connectivity index (χ1v) is 7.24. The summed E-state index contributed by atoms with van der Waals surface area (Å²) in [4.78, 5) is 0. The SMILES string of the molecule is CC(C)CNCc1nnc(-c2ccc(Cl)cc2F)s1. The molecule has 0 amide bonds. The van der Waals surface area contributed by atoms with Gasteiger partial charge < -0.3 is 5.32 Å². The molecular formula is C13H15ClFN3S. The van der Waals surface area contributed by atoms with Crippen LogP contribution in [0, 0.1) is 11.7 Å². The second-order valence-corrected chi connectivity index (χ2v) is 6.15. The number of hydrogen-bond acceptors (Lipinski definition) is 4. The highest BCUT2D eigenvalue weighted by atomic mass is 35.5. The molecule has 0 aliphatic carbocycles. The molecule has 1 aromatic heterocycles. The second kappa shape index (κ2) is 6.41. The van der Waals surface area contributed by atoms with Gasteiger partial charge in [0.25, 0.3) is 0 Å². The van der Waals surface area contributed by atoms with Gasteiger partial charge in [0.15, 0.2) is 5.01 Å². The largest absolute Gasteiger partial charge is 0.310 e. The van der Waals surface area contributed by atoms with Crippen molar-refractivity contribution >= 4 is 22.9 Å². The molecule has 3 nitrogen and oxygen atoms in total. The van der Waals surface area contributed by atoms with Gasteiger partial charge in [-0.25, -0.2) is 4.39 Å². The molecule has 1 heterocycles. The first-order valence-electron chi connectivity index (χ1n) is 6.05. The molecule has 0 atom stereocenters. The van der Waals surface area contributed by atoms with Gasteiger partial charge >= 0.3 is 0 Å². The molecule has 1 N–H and O–H groups in total. The van der Waals surface area contributed by atoms with Crippen LogP contribution in [0.4, 0.5) is 4.39 Å². The summed E-state index contributed by atoms with van der Waals surface area (Å²) >= 11 is 7.11. The van der Waals surface area contributed by atoms with E-state index in [0.717, 1.165) is 11.6 Å². The van der Waals surface area contributed by atoms with E-state index < -0.39 is 0 Å². The minimum Gasteiger partial charge on any atom is -0.310 e. The molecule has 1 aromatic carbocycles. The van der Waals surface area contributed by atoms with E-state index in [9.17, 15) is 4.39 Å². The molecule has 19 heavy (non-hydrogen) atoms. The summed E-state index contributed by atoms with van der Waals surface area (Å²) in [5.41, 5.74) is 0.442. The zero-order valence-corrected chi connectivity index (χ0v) is 12.4. The third kappa shape index (κ3) is 3.96. The van der Waals surface area contributed by atoms with Gasteiger partial charge in [0.2, 0.25) is 0 Å². The smallest absolute Gasteiger partial charge is 0.150 e. The fourth-order valence-corrected chi connectivity index (χ4v) is 2.56. The Morgan fingerprint density at radius 3 is 2.84 bits per heavy atom. The number of nitrogens with one attached hydrogen (secondary N) is 1. The van der Waals surface area contributed by atoms with Crippen molar-refractivity contribution in [2.24, 2.45) is 5.92 Å². The lowest BCUT2D eigenvalue weighted by Gasteiger charge is -2.04. The quantitative estimate of drug-likeness (QED) is 0.914. The van der Waals surface area contributed by atoms with Crippen molar-refractivity contribution in [2.45, 2.75) is 20.4 Å². The van der Waals surface area contributed by atoms with Crippen LogP contribution in [0.25, 0.3) is 10.6 Å². The van der Waals surface area contributed by atoms with Crippen LogP contribution in [-0.4, -0.2) is 16.7 Å². The zero-order valence-electron chi connectivity index (χ0n) is 10.8. The van der Waals surface area contributed by atoms with E-state index >= 15 is 0 Å². The Kier molecular flexibility index (Phi) is 4.85. The molecule has 0 aliphatic heterocycles. The topological polar surface area (TPSA) is 37.8 Å². The van der Waals surface area contributed by atoms with Gasteiger partial charge in [-0.05, 0) is 30.7 Å². The van der Waals surface area contributed by atoms with E-state index in [1.807, 2.05) is 0 Å². The maximum Gasteiger partial charge on any atom is 0.150 e. The van der Waals surface area contributed by atoms with Crippen molar-refractivity contribution in [2.75, 3.05) is 6.54 Å². The molecule has 2 rings (SSSR count). The summed E-state index contributed by atoms with van der Waals surface area (Å²) in [6, 6.07) is 4.57. The van der Waals surface area contributed by atoms with Gasteiger partial charge in [-0.3, -0.25) is 0 Å². The molecule has 102 valence electrons. The average molecular weight is 300 g/mol. The molecule has 0 radical (unpaired) electrons. The van der Waals surface area contributed by atoms with Crippen LogP contribution in [0.2, 0.25) is 5.02 Å². The number of rotatable bonds is 5. The summed E-state index contributed by atoms with van der Waals surface area (Å²) < 4.78 is 13.7. The first-order chi connectivity index (χ1) is 9.06. The summed E-state index contributed by atoms with van der Waals surface area (Å²) in [6.45, 7) is 5.86. The van der Waals surface area contributed by atoms with Crippen molar-refractivity contribution in [1.29, 1.82) is 0 Å². The van der Waals surface area contributed by atoms with Crippen LogP contribution in [-0.2, 0) is 6.54 Å². The summed E-state index contributed by atoms with van der Waals surface area (Å²) in [5.74, 6) is 0.214. The van der Waals surface area contributed by atoms with Crippen LogP contribution in [0.3, 0.4) is 0 Å². The maximum absolute atomic E-state index is 13.7. The third-order valence-electron chi connectivity index (χ3n) is 2.46. The number of nitrogens with zero attached hydrogens (tertiary/aromatic N) is 2. The van der Waals surface area contributed by atoms with E-state index in [1.54, 1.807) is 12.1 Å². The Bertz CT molecular complexity index is 557. The Morgan fingerprint density at radius 1 is 1.37 bits per heavy atom. The summed E-state index contributed by atoms with van der Waals surface area (Å²) in [6.07, 6.45) is 0. The monoisotopic (exact) mass is 299 g/mol. The molecule has 0 fully saturated rings. The van der Waals surface area contributed by atoms with Crippen molar-refractivity contribution in [3.05, 3.63) is 34.0 Å². The average Bonchev–Trinajstić information content (AvgIpc) is 2.77. The van der Waals surface area contributed by atoms with Crippen molar-refractivity contribution in [3.63, 3.8) is 0 Å². The minimum atomic E-state index is -0.370. The van der Waals surface area contributed by atoms with E-state index in [4.69, 9.17) is 11.6 Å². The lowest BCUT2D eigenvalue weighted by molar-refractivity contribution is 0.550. The Hall–Kier alpha value is -1.04. The highest BCUT2D eigenvalue weighted by Gasteiger charge is 2.11. The van der Waals surface area contributed by atoms with Crippen LogP contribution >= 0.6 is 22.9 Å². The Labute approximate surface area is 120 Å². The Morgan fingerprint density at radius 2 is 2.16 bits per heavy atom. The van der Waals surface area contributed by atoms with Crippen LogP contribution in [0.5, 0.6) is 0 Å². The van der Waals surface area contributed by atoms with Crippen molar-refractivity contribution < 1.29 is 4.39 Å². The highest BCUT2D eigenvalue weighted by molar-refractivity contribution is 7.14. The Balaban J connectivity index is 2.08. The lowest BCUT2D eigenvalue weighted by atomic mass is 10.2. The fourth-order valence-electron chi connectivity index (χ4n) is 1.56. The molecule has 0 spiro atoms. The van der Waals surface area contributed by atoms with Gasteiger partial charge in [-0.1, -0.05) is 36.8 Å². The maximum atomic E-state index is 13.7. The fraction of sp³-hybridized carbons (Fsp3) is 0.385. The summed E-state index contributed by atoms with van der Waals surface area (Å²) in [5, 5.41) is 13.2. The normalized spacial score (nSPS) is 11.2. The van der Waals surface area contributed by atoms with Crippen molar-refractivity contribution in [3.8, 4) is 10.6 Å². The first kappa shape index (κ1) is 14.4. The molecule has 0 saturated heterocycles. The van der Waals surface area contributed by atoms with Gasteiger partial charge in [0.05, 0.1) is 0 Å². The van der Waals surface area contributed by atoms with Gasteiger partial charge in [-0.2, -0.15) is 0 Å². The van der Waals surface area contributed by atoms with Gasteiger partial charge in [-0.15, -0.1) is 10.2 Å². The number of halogens is 2. The van der Waals surface area contributed by atoms with Gasteiger partial charge in [0.1, 0.15) is 10.8 Å². The molecule has 0 unspecified atom stereocenters. The molecule has 6 heteroatoms. The predicted octanol–water partition coefficient (Wildman–Crippen LogP) is 3.74. The van der Waals surface area contributed by atoms with E-state index in [2.05, 4.69) is 29.4 Å². The predicted molar refractivity (Wildman–Crippen MR) is 76.9 cm³/mol. The van der Waals surface area contributed by atoms with Crippen LogP contribution in [0.15, 0.2) is 18.2 Å². The number of benzene rings is 1. The molecule has 0 bridgehead atoms. The van der Waals surface area contributed by atoms with E-state index in [-0.39, 0.29) is 5.82 Å². The van der Waals surface area contributed by atoms with E-state index in [1.165, 1.54) is 17.4 Å². The van der Waals surface area contributed by atoms with Crippen molar-refractivity contribution in [1.82, 2.24) is 15.5 Å². The summed E-state index contributed by atoms with van der Waals surface area (Å²) in [7, 11) is 0. The van der Waals surface area contributed by atoms with Crippen LogP contribution < -0.4 is 5.32 Å². The van der Waals surface area contributed by atoms with Crippen LogP contribution in [0.1, 0.15) is 18.9 Å². The molecule has 0 saturated carbocycles. The van der Waals surface area contributed by atoms with E-state index in [0.29, 0.717) is 28.1 Å². The lowest BCUT2D eigenvalue weighted by Crippen LogP contribution is -2.18. The standard InChI is InChI=1S/C13H15ClFN3S/c1-8(2)6-16-7-12-17-18-13(19-12)10-4-3-9(14)5-11(10)15/h3-5,8,16H,6-7H2,1-2H3. The zero-order chi connectivity index (χ0) is 13.8. The third-order valence-corrected chi connectivity index (χ3v) is 3.65. The minimum absolute atomic E-state index is 0.370. The molecular weight excluding hydrogens is 285 g/mol. The second-order valence-electron chi connectivity index (χ2n) is 4.65. The highest BCUT2D eigenvalue weighted by Crippen LogP contribution is 2.27.